The molecule has 3 nitrogen and oxygen atoms in total. The number of carbonyl (C=O) groups excluding carboxylic acids is 1. The molecule has 1 aliphatic heterocycles. The van der Waals surface area contributed by atoms with Crippen molar-refractivity contribution in [3.63, 3.8) is 0 Å². The van der Waals surface area contributed by atoms with Crippen LogP contribution in [0.15, 0.2) is 42.5 Å². The minimum absolute atomic E-state index is 0.0226. The molecule has 0 N–H and O–H groups in total. The summed E-state index contributed by atoms with van der Waals surface area (Å²) < 4.78 is 13.0. The van der Waals surface area contributed by atoms with Crippen LogP contribution in [0.2, 0.25) is 0 Å². The maximum atomic E-state index is 13.0. The van der Waals surface area contributed by atoms with Crippen LogP contribution in [0.25, 0.3) is 0 Å². The third-order valence-corrected chi connectivity index (χ3v) is 4.36. The van der Waals surface area contributed by atoms with Crippen molar-refractivity contribution < 1.29 is 9.18 Å². The first-order valence-electron chi connectivity index (χ1n) is 7.91. The summed E-state index contributed by atoms with van der Waals surface area (Å²) in [4.78, 5) is 16.6. The van der Waals surface area contributed by atoms with Gasteiger partial charge in [0.2, 0.25) is 0 Å². The summed E-state index contributed by atoms with van der Waals surface area (Å²) in [7, 11) is 0. The first-order chi connectivity index (χ1) is 11.0. The molecule has 2 aromatic carbocycles. The highest BCUT2D eigenvalue weighted by atomic mass is 19.1. The van der Waals surface area contributed by atoms with Crippen LogP contribution in [0.3, 0.4) is 0 Å². The molecule has 0 aromatic heterocycles. The second-order valence-corrected chi connectivity index (χ2v) is 6.08. The van der Waals surface area contributed by atoms with E-state index in [4.69, 9.17) is 0 Å². The Hall–Kier alpha value is -2.36. The van der Waals surface area contributed by atoms with E-state index in [0.717, 1.165) is 13.1 Å². The molecule has 1 aliphatic rings. The van der Waals surface area contributed by atoms with Gasteiger partial charge in [0, 0.05) is 37.4 Å². The van der Waals surface area contributed by atoms with E-state index in [2.05, 4.69) is 36.9 Å². The summed E-state index contributed by atoms with van der Waals surface area (Å²) >= 11 is 0. The van der Waals surface area contributed by atoms with Crippen molar-refractivity contribution in [1.82, 2.24) is 4.90 Å². The Bertz CT molecular complexity index is 704. The topological polar surface area (TPSA) is 23.6 Å². The number of aryl methyl sites for hydroxylation is 2. The molecule has 3 rings (SSSR count). The Kier molecular flexibility index (Phi) is 4.33. The number of hydrogen-bond acceptors (Lipinski definition) is 2. The minimum atomic E-state index is -0.318. The molecule has 1 heterocycles. The number of anilines is 1. The van der Waals surface area contributed by atoms with Gasteiger partial charge in [0.15, 0.2) is 0 Å². The summed E-state index contributed by atoms with van der Waals surface area (Å²) in [5, 5.41) is 0. The monoisotopic (exact) mass is 312 g/mol. The molecule has 0 unspecified atom stereocenters. The molecule has 0 saturated carbocycles. The van der Waals surface area contributed by atoms with Crippen molar-refractivity contribution in [1.29, 1.82) is 0 Å². The Morgan fingerprint density at radius 2 is 1.61 bits per heavy atom. The Labute approximate surface area is 136 Å². The lowest BCUT2D eigenvalue weighted by Crippen LogP contribution is -2.49. The average Bonchev–Trinajstić information content (AvgIpc) is 2.57. The van der Waals surface area contributed by atoms with E-state index in [9.17, 15) is 9.18 Å². The number of amides is 1. The van der Waals surface area contributed by atoms with E-state index < -0.39 is 0 Å². The van der Waals surface area contributed by atoms with Crippen molar-refractivity contribution in [3.8, 4) is 0 Å². The van der Waals surface area contributed by atoms with Gasteiger partial charge in [0.1, 0.15) is 5.82 Å². The maximum Gasteiger partial charge on any atom is 0.253 e. The molecule has 0 bridgehead atoms. The number of carbonyl (C=O) groups is 1. The zero-order valence-corrected chi connectivity index (χ0v) is 13.6. The molecule has 0 spiro atoms. The fourth-order valence-electron chi connectivity index (χ4n) is 2.99. The van der Waals surface area contributed by atoms with Gasteiger partial charge in [-0.15, -0.1) is 0 Å². The quantitative estimate of drug-likeness (QED) is 0.848. The third kappa shape index (κ3) is 3.36. The zero-order valence-electron chi connectivity index (χ0n) is 13.6. The SMILES string of the molecule is Cc1ccc(C)c(N2CCN(C(=O)c3ccc(F)cc3)CC2)c1. The van der Waals surface area contributed by atoms with Gasteiger partial charge in [0.25, 0.3) is 5.91 Å². The van der Waals surface area contributed by atoms with Crippen LogP contribution < -0.4 is 4.90 Å². The lowest BCUT2D eigenvalue weighted by Gasteiger charge is -2.37. The van der Waals surface area contributed by atoms with Crippen LogP contribution in [0.4, 0.5) is 10.1 Å². The van der Waals surface area contributed by atoms with Gasteiger partial charge in [-0.1, -0.05) is 12.1 Å². The number of hydrogen-bond donors (Lipinski definition) is 0. The number of halogens is 1. The average molecular weight is 312 g/mol. The number of benzene rings is 2. The summed E-state index contributed by atoms with van der Waals surface area (Å²) in [5.41, 5.74) is 4.30. The summed E-state index contributed by atoms with van der Waals surface area (Å²) in [5.74, 6) is -0.341. The van der Waals surface area contributed by atoms with Crippen molar-refractivity contribution >= 4 is 11.6 Å². The van der Waals surface area contributed by atoms with Gasteiger partial charge >= 0.3 is 0 Å². The third-order valence-electron chi connectivity index (χ3n) is 4.36. The van der Waals surface area contributed by atoms with Crippen LogP contribution in [-0.4, -0.2) is 37.0 Å². The van der Waals surface area contributed by atoms with E-state index >= 15 is 0 Å². The molecular weight excluding hydrogens is 291 g/mol. The minimum Gasteiger partial charge on any atom is -0.368 e. The molecule has 1 amide bonds. The zero-order chi connectivity index (χ0) is 16.4. The predicted octanol–water partition coefficient (Wildman–Crippen LogP) is 3.40. The molecule has 4 heteroatoms. The maximum absolute atomic E-state index is 13.0. The Morgan fingerprint density at radius 1 is 0.957 bits per heavy atom. The predicted molar refractivity (Wildman–Crippen MR) is 90.4 cm³/mol. The lowest BCUT2D eigenvalue weighted by molar-refractivity contribution is 0.0746. The molecule has 23 heavy (non-hydrogen) atoms. The van der Waals surface area contributed by atoms with Crippen LogP contribution >= 0.6 is 0 Å². The summed E-state index contributed by atoms with van der Waals surface area (Å²) in [6.07, 6.45) is 0. The highest BCUT2D eigenvalue weighted by Crippen LogP contribution is 2.23. The van der Waals surface area contributed by atoms with Crippen molar-refractivity contribution in [2.45, 2.75) is 13.8 Å². The first-order valence-corrected chi connectivity index (χ1v) is 7.91. The van der Waals surface area contributed by atoms with Crippen LogP contribution in [0.1, 0.15) is 21.5 Å². The van der Waals surface area contributed by atoms with Crippen LogP contribution in [-0.2, 0) is 0 Å². The highest BCUT2D eigenvalue weighted by molar-refractivity contribution is 5.94. The fourth-order valence-corrected chi connectivity index (χ4v) is 2.99. The molecule has 0 atom stereocenters. The van der Waals surface area contributed by atoms with Crippen molar-refractivity contribution in [2.75, 3.05) is 31.1 Å². The largest absolute Gasteiger partial charge is 0.368 e. The van der Waals surface area contributed by atoms with Crippen LogP contribution in [0.5, 0.6) is 0 Å². The molecule has 0 radical (unpaired) electrons. The summed E-state index contributed by atoms with van der Waals surface area (Å²) in [6.45, 7) is 7.21. The molecule has 120 valence electrons. The van der Waals surface area contributed by atoms with E-state index in [1.165, 1.54) is 28.9 Å². The summed E-state index contributed by atoms with van der Waals surface area (Å²) in [6, 6.07) is 12.2. The van der Waals surface area contributed by atoms with Gasteiger partial charge in [-0.2, -0.15) is 0 Å². The van der Waals surface area contributed by atoms with Crippen molar-refractivity contribution in [3.05, 3.63) is 65.0 Å². The van der Waals surface area contributed by atoms with Gasteiger partial charge < -0.3 is 9.80 Å². The van der Waals surface area contributed by atoms with Gasteiger partial charge in [0.05, 0.1) is 0 Å². The molecule has 0 aliphatic carbocycles. The Morgan fingerprint density at radius 3 is 2.26 bits per heavy atom. The molecule has 2 aromatic rings. The van der Waals surface area contributed by atoms with Crippen LogP contribution in [0, 0.1) is 19.7 Å². The Balaban J connectivity index is 1.67. The normalized spacial score (nSPS) is 14.9. The smallest absolute Gasteiger partial charge is 0.253 e. The number of piperazine rings is 1. The fraction of sp³-hybridized carbons (Fsp3) is 0.316. The highest BCUT2D eigenvalue weighted by Gasteiger charge is 2.23. The van der Waals surface area contributed by atoms with Gasteiger partial charge in [-0.25, -0.2) is 4.39 Å². The second kappa shape index (κ2) is 6.41. The van der Waals surface area contributed by atoms with Gasteiger partial charge in [-0.05, 0) is 55.3 Å². The standard InChI is InChI=1S/C19H21FN2O/c1-14-3-4-15(2)18(13-14)21-9-11-22(12-10-21)19(23)16-5-7-17(20)8-6-16/h3-8,13H,9-12H2,1-2H3. The molecule has 1 fully saturated rings. The first kappa shape index (κ1) is 15.5. The molecular formula is C19H21FN2O. The van der Waals surface area contributed by atoms with E-state index in [0.29, 0.717) is 18.7 Å². The van der Waals surface area contributed by atoms with Gasteiger partial charge in [-0.3, -0.25) is 4.79 Å². The molecule has 1 saturated heterocycles. The lowest BCUT2D eigenvalue weighted by atomic mass is 10.1. The van der Waals surface area contributed by atoms with E-state index in [1.54, 1.807) is 12.1 Å². The van der Waals surface area contributed by atoms with E-state index in [1.807, 2.05) is 4.90 Å². The number of nitrogens with zero attached hydrogens (tertiary/aromatic N) is 2. The number of rotatable bonds is 2. The second-order valence-electron chi connectivity index (χ2n) is 6.08. The van der Waals surface area contributed by atoms with E-state index in [-0.39, 0.29) is 11.7 Å². The van der Waals surface area contributed by atoms with Crippen molar-refractivity contribution in [2.24, 2.45) is 0 Å².